The first kappa shape index (κ1) is 22.7. The van der Waals surface area contributed by atoms with Gasteiger partial charge in [-0.1, -0.05) is 81.4 Å². The van der Waals surface area contributed by atoms with Gasteiger partial charge < -0.3 is 14.3 Å². The Hall–Kier alpha value is -1.95. The summed E-state index contributed by atoms with van der Waals surface area (Å²) in [6, 6.07) is 21.0. The van der Waals surface area contributed by atoms with Crippen molar-refractivity contribution in [2.75, 3.05) is 6.61 Å². The first-order chi connectivity index (χ1) is 14.1. The molecule has 1 aliphatic heterocycles. The van der Waals surface area contributed by atoms with E-state index in [-0.39, 0.29) is 17.1 Å². The number of hydrogen-bond donors (Lipinski definition) is 1. The van der Waals surface area contributed by atoms with Crippen LogP contribution in [0.15, 0.2) is 65.7 Å². The lowest BCUT2D eigenvalue weighted by Crippen LogP contribution is -2.50. The third-order valence-corrected chi connectivity index (χ3v) is 7.97. The third-order valence-electron chi connectivity index (χ3n) is 5.39. The molecular formula is C25H35NO3Si. The normalized spacial score (nSPS) is 18.0. The number of aliphatic hydroxyl groups is 1. The lowest BCUT2D eigenvalue weighted by atomic mass is 9.85. The van der Waals surface area contributed by atoms with E-state index >= 15 is 0 Å². The first-order valence-electron chi connectivity index (χ1n) is 10.8. The summed E-state index contributed by atoms with van der Waals surface area (Å²) in [4.78, 5) is 4.59. The van der Waals surface area contributed by atoms with Crippen molar-refractivity contribution in [2.45, 2.75) is 65.2 Å². The van der Waals surface area contributed by atoms with Gasteiger partial charge in [-0.3, -0.25) is 0 Å². The molecular weight excluding hydrogens is 390 g/mol. The number of benzene rings is 2. The maximum absolute atomic E-state index is 10.8. The molecule has 0 saturated carbocycles. The third kappa shape index (κ3) is 6.27. The van der Waals surface area contributed by atoms with Gasteiger partial charge >= 0.3 is 0 Å². The minimum absolute atomic E-state index is 0.0837. The smallest absolute Gasteiger partial charge is 0.240 e. The highest BCUT2D eigenvalue weighted by Gasteiger charge is 2.34. The van der Waals surface area contributed by atoms with Crippen LogP contribution >= 0.6 is 0 Å². The molecule has 162 valence electrons. The Morgan fingerprint density at radius 2 is 1.57 bits per heavy atom. The highest BCUT2D eigenvalue weighted by atomic mass is 28.3. The van der Waals surface area contributed by atoms with E-state index in [1.54, 1.807) is 0 Å². The molecule has 2 aromatic carbocycles. The molecule has 2 aromatic rings. The topological polar surface area (TPSA) is 51.0 Å². The van der Waals surface area contributed by atoms with Gasteiger partial charge in [0.05, 0.1) is 17.7 Å². The lowest BCUT2D eigenvalue weighted by molar-refractivity contribution is 0.0332. The van der Waals surface area contributed by atoms with E-state index < -0.39 is 15.1 Å². The van der Waals surface area contributed by atoms with E-state index in [0.717, 1.165) is 0 Å². The van der Waals surface area contributed by atoms with Gasteiger partial charge in [-0.05, 0) is 36.1 Å². The van der Waals surface area contributed by atoms with E-state index in [9.17, 15) is 5.11 Å². The second-order valence-electron chi connectivity index (χ2n) is 9.89. The molecule has 0 spiro atoms. The Balaban J connectivity index is 1.78. The number of nitrogens with zero attached hydrogens (tertiary/aromatic N) is 1. The molecule has 1 heterocycles. The highest BCUT2D eigenvalue weighted by Crippen LogP contribution is 2.28. The fourth-order valence-electron chi connectivity index (χ4n) is 3.68. The molecule has 4 nitrogen and oxygen atoms in total. The van der Waals surface area contributed by atoms with Crippen LogP contribution in [-0.4, -0.2) is 44.4 Å². The van der Waals surface area contributed by atoms with E-state index in [0.29, 0.717) is 25.3 Å². The minimum atomic E-state index is -1.90. The first-order valence-corrected chi connectivity index (χ1v) is 12.4. The van der Waals surface area contributed by atoms with Crippen LogP contribution in [0, 0.1) is 5.41 Å². The monoisotopic (exact) mass is 425 g/mol. The van der Waals surface area contributed by atoms with Crippen LogP contribution in [-0.2, 0) is 9.16 Å². The molecule has 3 rings (SSSR count). The zero-order chi connectivity index (χ0) is 21.8. The Kier molecular flexibility index (Phi) is 7.16. The molecule has 5 heteroatoms. The Labute approximate surface area is 182 Å². The molecule has 1 aliphatic rings. The fraction of sp³-hybridized carbons (Fsp3) is 0.480. The van der Waals surface area contributed by atoms with Gasteiger partial charge in [0, 0.05) is 6.42 Å². The SMILES string of the molecule is CC1(C)COC(CC(O)CC(O[SiH](c2ccccc2)c2ccccc2)C(C)(C)C)=N1. The molecule has 0 radical (unpaired) electrons. The van der Waals surface area contributed by atoms with Crippen molar-refractivity contribution < 1.29 is 14.3 Å². The van der Waals surface area contributed by atoms with Crippen molar-refractivity contribution in [1.82, 2.24) is 0 Å². The predicted molar refractivity (Wildman–Crippen MR) is 126 cm³/mol. The maximum Gasteiger partial charge on any atom is 0.240 e. The summed E-state index contributed by atoms with van der Waals surface area (Å²) in [5.41, 5.74) is -0.305. The molecule has 1 N–H and O–H groups in total. The number of aliphatic hydroxyl groups excluding tert-OH is 1. The quantitative estimate of drug-likeness (QED) is 0.660. The van der Waals surface area contributed by atoms with Crippen molar-refractivity contribution in [1.29, 1.82) is 0 Å². The molecule has 2 unspecified atom stereocenters. The molecule has 0 aromatic heterocycles. The van der Waals surface area contributed by atoms with E-state index in [1.165, 1.54) is 10.4 Å². The fourth-order valence-corrected chi connectivity index (χ4v) is 6.37. The van der Waals surface area contributed by atoms with Crippen molar-refractivity contribution in [3.05, 3.63) is 60.7 Å². The minimum Gasteiger partial charge on any atom is -0.478 e. The van der Waals surface area contributed by atoms with Crippen LogP contribution in [0.4, 0.5) is 0 Å². The van der Waals surface area contributed by atoms with E-state index in [4.69, 9.17) is 9.16 Å². The summed E-state index contributed by atoms with van der Waals surface area (Å²) in [6.07, 6.45) is 0.347. The second kappa shape index (κ2) is 9.46. The summed E-state index contributed by atoms with van der Waals surface area (Å²) >= 11 is 0. The molecule has 2 atom stereocenters. The predicted octanol–water partition coefficient (Wildman–Crippen LogP) is 3.30. The molecule has 0 saturated heterocycles. The lowest BCUT2D eigenvalue weighted by Gasteiger charge is -2.35. The zero-order valence-corrected chi connectivity index (χ0v) is 20.0. The number of rotatable bonds is 8. The molecule has 0 aliphatic carbocycles. The van der Waals surface area contributed by atoms with E-state index in [1.807, 2.05) is 26.0 Å². The summed E-state index contributed by atoms with van der Waals surface area (Å²) in [5, 5.41) is 13.3. The Morgan fingerprint density at radius 3 is 2.00 bits per heavy atom. The van der Waals surface area contributed by atoms with Crippen molar-refractivity contribution >= 4 is 25.3 Å². The van der Waals surface area contributed by atoms with Crippen LogP contribution in [0.2, 0.25) is 0 Å². The van der Waals surface area contributed by atoms with E-state index in [2.05, 4.69) is 74.3 Å². The van der Waals surface area contributed by atoms with Gasteiger partial charge in [-0.2, -0.15) is 0 Å². The number of aliphatic imine (C=N–C) groups is 1. The van der Waals surface area contributed by atoms with Gasteiger partial charge in [-0.25, -0.2) is 4.99 Å². The maximum atomic E-state index is 10.8. The van der Waals surface area contributed by atoms with Gasteiger partial charge in [0.15, 0.2) is 5.90 Å². The van der Waals surface area contributed by atoms with Crippen molar-refractivity contribution in [3.63, 3.8) is 0 Å². The standard InChI is InChI=1S/C25H35NO3Si/c1-24(2,3)22(16-19(27)17-23-26-25(4,5)18-28-23)29-30(20-12-8-6-9-13-20)21-14-10-7-11-15-21/h6-15,19,22,27,30H,16-18H2,1-5H3. The summed E-state index contributed by atoms with van der Waals surface area (Å²) < 4.78 is 12.5. The average Bonchev–Trinajstić information content (AvgIpc) is 3.03. The van der Waals surface area contributed by atoms with Gasteiger partial charge in [0.2, 0.25) is 9.04 Å². The number of hydrogen-bond acceptors (Lipinski definition) is 4. The van der Waals surface area contributed by atoms with Crippen LogP contribution < -0.4 is 10.4 Å². The summed E-state index contributed by atoms with van der Waals surface area (Å²) in [5.74, 6) is 0.653. The van der Waals surface area contributed by atoms with Crippen LogP contribution in [0.1, 0.15) is 47.5 Å². The van der Waals surface area contributed by atoms with Crippen molar-refractivity contribution in [3.8, 4) is 0 Å². The summed E-state index contributed by atoms with van der Waals surface area (Å²) in [6.45, 7) is 11.2. The van der Waals surface area contributed by atoms with Crippen LogP contribution in [0.3, 0.4) is 0 Å². The average molecular weight is 426 g/mol. The zero-order valence-electron chi connectivity index (χ0n) is 18.8. The molecule has 0 amide bonds. The van der Waals surface area contributed by atoms with Gasteiger partial charge in [0.1, 0.15) is 6.61 Å². The molecule has 0 fully saturated rings. The number of ether oxygens (including phenoxy) is 1. The largest absolute Gasteiger partial charge is 0.478 e. The highest BCUT2D eigenvalue weighted by molar-refractivity contribution is 6.80. The Morgan fingerprint density at radius 1 is 1.03 bits per heavy atom. The summed E-state index contributed by atoms with van der Waals surface area (Å²) in [7, 11) is -1.90. The molecule has 0 bridgehead atoms. The van der Waals surface area contributed by atoms with Crippen LogP contribution in [0.5, 0.6) is 0 Å². The van der Waals surface area contributed by atoms with Gasteiger partial charge in [0.25, 0.3) is 0 Å². The second-order valence-corrected chi connectivity index (χ2v) is 12.3. The van der Waals surface area contributed by atoms with Gasteiger partial charge in [-0.15, -0.1) is 0 Å². The molecule has 30 heavy (non-hydrogen) atoms. The van der Waals surface area contributed by atoms with Crippen molar-refractivity contribution in [2.24, 2.45) is 10.4 Å². The van der Waals surface area contributed by atoms with Crippen LogP contribution in [0.25, 0.3) is 0 Å². The Bertz CT molecular complexity index is 791.